The molecule has 18 heavy (non-hydrogen) atoms. The normalized spacial score (nSPS) is 19.4. The summed E-state index contributed by atoms with van der Waals surface area (Å²) in [5.74, 6) is 0.683. The highest BCUT2D eigenvalue weighted by atomic mass is 16.5. The van der Waals surface area contributed by atoms with Crippen molar-refractivity contribution in [2.24, 2.45) is 5.92 Å². The Labute approximate surface area is 110 Å². The third-order valence-electron chi connectivity index (χ3n) is 3.59. The van der Waals surface area contributed by atoms with Crippen LogP contribution in [0.4, 0.5) is 5.69 Å². The van der Waals surface area contributed by atoms with Gasteiger partial charge in [-0.3, -0.25) is 0 Å². The van der Waals surface area contributed by atoms with E-state index in [0.29, 0.717) is 5.92 Å². The van der Waals surface area contributed by atoms with Crippen LogP contribution in [0, 0.1) is 5.92 Å². The average molecular weight is 248 g/mol. The van der Waals surface area contributed by atoms with Gasteiger partial charge >= 0.3 is 0 Å². The molecule has 100 valence electrons. The maximum absolute atomic E-state index is 5.27. The van der Waals surface area contributed by atoms with Crippen LogP contribution in [0.25, 0.3) is 0 Å². The molecule has 1 fully saturated rings. The molecule has 0 amide bonds. The van der Waals surface area contributed by atoms with Crippen LogP contribution < -0.4 is 10.2 Å². The van der Waals surface area contributed by atoms with Gasteiger partial charge in [0.05, 0.1) is 6.61 Å². The Bertz CT molecular complexity index is 367. The third kappa shape index (κ3) is 3.24. The highest BCUT2D eigenvalue weighted by Crippen LogP contribution is 2.27. The lowest BCUT2D eigenvalue weighted by molar-refractivity contribution is 0.161. The van der Waals surface area contributed by atoms with Crippen LogP contribution in [0.3, 0.4) is 0 Å². The topological polar surface area (TPSA) is 24.5 Å². The van der Waals surface area contributed by atoms with Crippen molar-refractivity contribution in [3.8, 4) is 0 Å². The van der Waals surface area contributed by atoms with E-state index in [1.807, 2.05) is 0 Å². The Kier molecular flexibility index (Phi) is 5.02. The Morgan fingerprint density at radius 3 is 3.00 bits per heavy atom. The Hall–Kier alpha value is -1.06. The van der Waals surface area contributed by atoms with Crippen molar-refractivity contribution in [3.63, 3.8) is 0 Å². The highest BCUT2D eigenvalue weighted by Gasteiger charge is 2.23. The molecule has 1 aromatic carbocycles. The summed E-state index contributed by atoms with van der Waals surface area (Å²) in [4.78, 5) is 2.50. The molecule has 1 aliphatic rings. The van der Waals surface area contributed by atoms with Crippen molar-refractivity contribution >= 4 is 5.69 Å². The van der Waals surface area contributed by atoms with Gasteiger partial charge in [0.1, 0.15) is 0 Å². The van der Waals surface area contributed by atoms with Gasteiger partial charge in [-0.1, -0.05) is 25.1 Å². The van der Waals surface area contributed by atoms with Crippen molar-refractivity contribution in [3.05, 3.63) is 29.8 Å². The number of nitrogens with one attached hydrogen (secondary N) is 1. The molecule has 0 bridgehead atoms. The molecular weight excluding hydrogens is 224 g/mol. The zero-order valence-electron chi connectivity index (χ0n) is 11.5. The number of nitrogens with zero attached hydrogens (tertiary/aromatic N) is 1. The predicted molar refractivity (Wildman–Crippen MR) is 76.0 cm³/mol. The molecule has 1 saturated heterocycles. The molecule has 1 unspecified atom stereocenters. The van der Waals surface area contributed by atoms with Crippen molar-refractivity contribution in [2.45, 2.75) is 19.9 Å². The van der Waals surface area contributed by atoms with Gasteiger partial charge < -0.3 is 15.0 Å². The van der Waals surface area contributed by atoms with Crippen LogP contribution in [0.2, 0.25) is 0 Å². The Morgan fingerprint density at radius 1 is 1.39 bits per heavy atom. The minimum atomic E-state index is 0.683. The molecule has 0 aromatic heterocycles. The molecule has 0 saturated carbocycles. The quantitative estimate of drug-likeness (QED) is 0.836. The molecule has 1 N–H and O–H groups in total. The van der Waals surface area contributed by atoms with Crippen LogP contribution >= 0.6 is 0 Å². The first-order valence-electron chi connectivity index (χ1n) is 6.87. The summed E-state index contributed by atoms with van der Waals surface area (Å²) in [6.45, 7) is 7.27. The molecule has 1 aliphatic heterocycles. The molecule has 1 atom stereocenters. The van der Waals surface area contributed by atoms with E-state index in [2.05, 4.69) is 41.4 Å². The first kappa shape index (κ1) is 13.4. The summed E-state index contributed by atoms with van der Waals surface area (Å²) in [5, 5.41) is 3.41. The SMILES string of the molecule is CCNCc1ccccc1N1CCC(COC)C1. The van der Waals surface area contributed by atoms with Gasteiger partial charge in [0.25, 0.3) is 0 Å². The Balaban J connectivity index is 2.04. The van der Waals surface area contributed by atoms with Crippen molar-refractivity contribution in [1.29, 1.82) is 0 Å². The second-order valence-corrected chi connectivity index (χ2v) is 4.97. The number of hydrogen-bond donors (Lipinski definition) is 1. The van der Waals surface area contributed by atoms with Gasteiger partial charge in [-0.2, -0.15) is 0 Å². The number of benzene rings is 1. The lowest BCUT2D eigenvalue weighted by Gasteiger charge is -2.22. The standard InChI is InChI=1S/C15H24N2O/c1-3-16-10-14-6-4-5-7-15(14)17-9-8-13(11-17)12-18-2/h4-7,13,16H,3,8-12H2,1-2H3. The fraction of sp³-hybridized carbons (Fsp3) is 0.600. The van der Waals surface area contributed by atoms with E-state index < -0.39 is 0 Å². The largest absolute Gasteiger partial charge is 0.384 e. The molecule has 3 heteroatoms. The second kappa shape index (κ2) is 6.76. The number of rotatable bonds is 6. The van der Waals surface area contributed by atoms with E-state index in [1.54, 1.807) is 7.11 Å². The van der Waals surface area contributed by atoms with Gasteiger partial charge in [0, 0.05) is 38.3 Å². The monoisotopic (exact) mass is 248 g/mol. The summed E-state index contributed by atoms with van der Waals surface area (Å²) in [6, 6.07) is 8.72. The van der Waals surface area contributed by atoms with Crippen LogP contribution in [0.1, 0.15) is 18.9 Å². The van der Waals surface area contributed by atoms with E-state index in [-0.39, 0.29) is 0 Å². The van der Waals surface area contributed by atoms with Gasteiger partial charge in [-0.15, -0.1) is 0 Å². The molecule has 1 aromatic rings. The molecule has 0 aliphatic carbocycles. The molecular formula is C15H24N2O. The molecule has 2 rings (SSSR count). The molecule has 1 heterocycles. The average Bonchev–Trinajstić information content (AvgIpc) is 2.86. The summed E-state index contributed by atoms with van der Waals surface area (Å²) in [6.07, 6.45) is 1.24. The lowest BCUT2D eigenvalue weighted by atomic mass is 10.1. The minimum Gasteiger partial charge on any atom is -0.384 e. The van der Waals surface area contributed by atoms with Crippen molar-refractivity contribution in [1.82, 2.24) is 5.32 Å². The van der Waals surface area contributed by atoms with Gasteiger partial charge in [0.2, 0.25) is 0 Å². The van der Waals surface area contributed by atoms with Gasteiger partial charge in [-0.25, -0.2) is 0 Å². The van der Waals surface area contributed by atoms with Gasteiger partial charge in [0.15, 0.2) is 0 Å². The molecule has 0 radical (unpaired) electrons. The van der Waals surface area contributed by atoms with Crippen LogP contribution in [-0.2, 0) is 11.3 Å². The maximum Gasteiger partial charge on any atom is 0.0508 e. The lowest BCUT2D eigenvalue weighted by Crippen LogP contribution is -2.23. The van der Waals surface area contributed by atoms with E-state index in [9.17, 15) is 0 Å². The molecule has 0 spiro atoms. The fourth-order valence-corrected chi connectivity index (χ4v) is 2.65. The summed E-state index contributed by atoms with van der Waals surface area (Å²) in [7, 11) is 1.79. The number of ether oxygens (including phenoxy) is 1. The maximum atomic E-state index is 5.27. The first-order chi connectivity index (χ1) is 8.85. The zero-order chi connectivity index (χ0) is 12.8. The summed E-state index contributed by atoms with van der Waals surface area (Å²) >= 11 is 0. The van der Waals surface area contributed by atoms with Gasteiger partial charge in [-0.05, 0) is 24.6 Å². The predicted octanol–water partition coefficient (Wildman–Crippen LogP) is 2.27. The minimum absolute atomic E-state index is 0.683. The summed E-state index contributed by atoms with van der Waals surface area (Å²) in [5.41, 5.74) is 2.79. The number of methoxy groups -OCH3 is 1. The van der Waals surface area contributed by atoms with Crippen molar-refractivity contribution in [2.75, 3.05) is 38.3 Å². The Morgan fingerprint density at radius 2 is 2.22 bits per heavy atom. The zero-order valence-corrected chi connectivity index (χ0v) is 11.5. The fourth-order valence-electron chi connectivity index (χ4n) is 2.65. The van der Waals surface area contributed by atoms with E-state index in [4.69, 9.17) is 4.74 Å². The number of para-hydroxylation sites is 1. The summed E-state index contributed by atoms with van der Waals surface area (Å²) < 4.78 is 5.27. The number of hydrogen-bond acceptors (Lipinski definition) is 3. The second-order valence-electron chi connectivity index (χ2n) is 4.97. The first-order valence-corrected chi connectivity index (χ1v) is 6.87. The van der Waals surface area contributed by atoms with Crippen LogP contribution in [-0.4, -0.2) is 33.4 Å². The van der Waals surface area contributed by atoms with E-state index in [0.717, 1.165) is 32.8 Å². The number of anilines is 1. The van der Waals surface area contributed by atoms with E-state index in [1.165, 1.54) is 17.7 Å². The van der Waals surface area contributed by atoms with E-state index >= 15 is 0 Å². The smallest absolute Gasteiger partial charge is 0.0508 e. The highest BCUT2D eigenvalue weighted by molar-refractivity contribution is 5.54. The van der Waals surface area contributed by atoms with Crippen LogP contribution in [0.15, 0.2) is 24.3 Å². The molecule has 3 nitrogen and oxygen atoms in total. The third-order valence-corrected chi connectivity index (χ3v) is 3.59. The van der Waals surface area contributed by atoms with Crippen LogP contribution in [0.5, 0.6) is 0 Å². The van der Waals surface area contributed by atoms with Crippen molar-refractivity contribution < 1.29 is 4.74 Å².